The molecule has 0 unspecified atom stereocenters. The molecule has 15 heavy (non-hydrogen) atoms. The van der Waals surface area contributed by atoms with Gasteiger partial charge in [0.05, 0.1) is 6.07 Å². The van der Waals surface area contributed by atoms with Crippen LogP contribution in [0.2, 0.25) is 0 Å². The highest BCUT2D eigenvalue weighted by atomic mass is 35.6. The molecule has 1 aliphatic carbocycles. The van der Waals surface area contributed by atoms with Crippen molar-refractivity contribution in [3.05, 3.63) is 0 Å². The summed E-state index contributed by atoms with van der Waals surface area (Å²) in [6.45, 7) is 0. The third kappa shape index (κ3) is 2.50. The van der Waals surface area contributed by atoms with Crippen molar-refractivity contribution in [3.8, 4) is 6.07 Å². The van der Waals surface area contributed by atoms with E-state index in [1.54, 1.807) is 0 Å². The fraction of sp³-hybridized carbons (Fsp3) is 0.778. The van der Waals surface area contributed by atoms with Crippen molar-refractivity contribution in [2.75, 3.05) is 7.05 Å². The molecule has 1 amide bonds. The molecule has 0 aromatic heterocycles. The molecule has 0 spiro atoms. The molecule has 0 aromatic carbocycles. The third-order valence-corrected chi connectivity index (χ3v) is 3.31. The molecule has 0 saturated heterocycles. The zero-order chi connectivity index (χ0) is 11.7. The van der Waals surface area contributed by atoms with Crippen LogP contribution in [0.3, 0.4) is 0 Å². The Morgan fingerprint density at radius 2 is 1.87 bits per heavy atom. The second-order valence-electron chi connectivity index (χ2n) is 3.71. The van der Waals surface area contributed by atoms with Crippen molar-refractivity contribution < 1.29 is 4.79 Å². The summed E-state index contributed by atoms with van der Waals surface area (Å²) in [7, 11) is 1.51. The molecule has 0 radical (unpaired) electrons. The van der Waals surface area contributed by atoms with Crippen molar-refractivity contribution in [2.24, 2.45) is 0 Å². The van der Waals surface area contributed by atoms with Gasteiger partial charge in [-0.2, -0.15) is 5.26 Å². The van der Waals surface area contributed by atoms with Crippen molar-refractivity contribution >= 4 is 40.7 Å². The van der Waals surface area contributed by atoms with E-state index in [1.165, 1.54) is 11.9 Å². The number of nitrogens with zero attached hydrogens (tertiary/aromatic N) is 2. The Morgan fingerprint density at radius 3 is 2.20 bits per heavy atom. The summed E-state index contributed by atoms with van der Waals surface area (Å²) in [5.74, 6) is -0.643. The molecule has 84 valence electrons. The lowest BCUT2D eigenvalue weighted by Crippen LogP contribution is -2.50. The topological polar surface area (TPSA) is 44.1 Å². The summed E-state index contributed by atoms with van der Waals surface area (Å²) in [6, 6.07) is 2.16. The molecule has 1 saturated carbocycles. The van der Waals surface area contributed by atoms with E-state index in [-0.39, 0.29) is 0 Å². The second kappa shape index (κ2) is 4.37. The van der Waals surface area contributed by atoms with Crippen LogP contribution in [0.15, 0.2) is 0 Å². The molecule has 0 heterocycles. The Morgan fingerprint density at radius 1 is 1.40 bits per heavy atom. The summed E-state index contributed by atoms with van der Waals surface area (Å²) in [5.41, 5.74) is -0.791. The van der Waals surface area contributed by atoms with Crippen LogP contribution in [0.25, 0.3) is 0 Å². The summed E-state index contributed by atoms with van der Waals surface area (Å²) in [5, 5.41) is 9.13. The second-order valence-corrected chi connectivity index (χ2v) is 5.99. The number of alkyl halides is 3. The highest BCUT2D eigenvalue weighted by Gasteiger charge is 2.45. The van der Waals surface area contributed by atoms with E-state index in [9.17, 15) is 4.79 Å². The number of hydrogen-bond acceptors (Lipinski definition) is 2. The van der Waals surface area contributed by atoms with Gasteiger partial charge >= 0.3 is 0 Å². The molecule has 1 fully saturated rings. The standard InChI is InChI=1S/C9H11Cl3N2O/c1-14(7(15)9(10,11)12)8(6-13)4-2-3-5-8/h2-5H2,1H3. The van der Waals surface area contributed by atoms with Crippen molar-refractivity contribution in [3.63, 3.8) is 0 Å². The summed E-state index contributed by atoms with van der Waals surface area (Å²) < 4.78 is -1.98. The SMILES string of the molecule is CN(C(=O)C(Cl)(Cl)Cl)C1(C#N)CCCC1. The highest BCUT2D eigenvalue weighted by molar-refractivity contribution is 6.76. The number of carbonyl (C=O) groups is 1. The largest absolute Gasteiger partial charge is 0.323 e. The van der Waals surface area contributed by atoms with Gasteiger partial charge in [-0.15, -0.1) is 0 Å². The number of halogens is 3. The fourth-order valence-corrected chi connectivity index (χ4v) is 2.25. The number of rotatable bonds is 1. The van der Waals surface area contributed by atoms with Crippen molar-refractivity contribution in [1.82, 2.24) is 4.90 Å². The number of nitriles is 1. The van der Waals surface area contributed by atoms with Gasteiger partial charge in [0.2, 0.25) is 0 Å². The smallest absolute Gasteiger partial charge is 0.275 e. The van der Waals surface area contributed by atoms with Crippen LogP contribution in [0.1, 0.15) is 25.7 Å². The van der Waals surface area contributed by atoms with Gasteiger partial charge in [-0.1, -0.05) is 34.8 Å². The van der Waals surface area contributed by atoms with E-state index in [0.29, 0.717) is 12.8 Å². The first-order chi connectivity index (χ1) is 6.83. The maximum Gasteiger partial charge on any atom is 0.275 e. The van der Waals surface area contributed by atoms with Gasteiger partial charge in [0.1, 0.15) is 5.54 Å². The predicted octanol–water partition coefficient (Wildman–Crippen LogP) is 2.65. The van der Waals surface area contributed by atoms with Gasteiger partial charge in [0, 0.05) is 7.05 Å². The number of hydrogen-bond donors (Lipinski definition) is 0. The maximum absolute atomic E-state index is 11.7. The lowest BCUT2D eigenvalue weighted by atomic mass is 9.98. The molecule has 0 N–H and O–H groups in total. The normalized spacial score (nSPS) is 19.7. The number of amides is 1. The van der Waals surface area contributed by atoms with Crippen LogP contribution >= 0.6 is 34.8 Å². The Bertz CT molecular complexity index is 299. The average molecular weight is 270 g/mol. The Hall–Kier alpha value is -0.170. The van der Waals surface area contributed by atoms with Crippen LogP contribution < -0.4 is 0 Å². The van der Waals surface area contributed by atoms with Crippen molar-refractivity contribution in [2.45, 2.75) is 35.0 Å². The lowest BCUT2D eigenvalue weighted by Gasteiger charge is -2.34. The summed E-state index contributed by atoms with van der Waals surface area (Å²) in [4.78, 5) is 13.0. The maximum atomic E-state index is 11.7. The first-order valence-electron chi connectivity index (χ1n) is 4.60. The Labute approximate surface area is 104 Å². The van der Waals surface area contributed by atoms with Crippen LogP contribution in [0.5, 0.6) is 0 Å². The van der Waals surface area contributed by atoms with Gasteiger partial charge in [-0.3, -0.25) is 4.79 Å². The lowest BCUT2D eigenvalue weighted by molar-refractivity contribution is -0.132. The molecule has 0 aromatic rings. The van der Waals surface area contributed by atoms with Crippen LogP contribution in [-0.2, 0) is 4.79 Å². The third-order valence-electron chi connectivity index (χ3n) is 2.83. The van der Waals surface area contributed by atoms with Gasteiger partial charge < -0.3 is 4.90 Å². The quantitative estimate of drug-likeness (QED) is 0.687. The first-order valence-corrected chi connectivity index (χ1v) is 5.73. The molecule has 6 heteroatoms. The predicted molar refractivity (Wildman–Crippen MR) is 59.9 cm³/mol. The molecule has 1 rings (SSSR count). The van der Waals surface area contributed by atoms with E-state index < -0.39 is 15.2 Å². The number of carbonyl (C=O) groups excluding carboxylic acids is 1. The van der Waals surface area contributed by atoms with E-state index in [1.807, 2.05) is 0 Å². The molecule has 3 nitrogen and oxygen atoms in total. The molecule has 1 aliphatic rings. The Kier molecular flexibility index (Phi) is 3.76. The van der Waals surface area contributed by atoms with Gasteiger partial charge in [-0.25, -0.2) is 0 Å². The van der Waals surface area contributed by atoms with Gasteiger partial charge in [-0.05, 0) is 25.7 Å². The summed E-state index contributed by atoms with van der Waals surface area (Å²) in [6.07, 6.45) is 3.13. The Balaban J connectivity index is 2.88. The molecular weight excluding hydrogens is 258 g/mol. The molecular formula is C9H11Cl3N2O. The average Bonchev–Trinajstić information content (AvgIpc) is 2.63. The monoisotopic (exact) mass is 268 g/mol. The first kappa shape index (κ1) is 12.9. The van der Waals surface area contributed by atoms with Crippen LogP contribution in [0.4, 0.5) is 0 Å². The van der Waals surface area contributed by atoms with E-state index in [2.05, 4.69) is 6.07 Å². The molecule has 0 atom stereocenters. The van der Waals surface area contributed by atoms with Crippen LogP contribution in [-0.4, -0.2) is 27.2 Å². The minimum Gasteiger partial charge on any atom is -0.323 e. The fourth-order valence-electron chi connectivity index (χ4n) is 1.87. The minimum atomic E-state index is -1.98. The van der Waals surface area contributed by atoms with E-state index >= 15 is 0 Å². The van der Waals surface area contributed by atoms with Crippen LogP contribution in [0, 0.1) is 11.3 Å². The zero-order valence-corrected chi connectivity index (χ0v) is 10.5. The highest BCUT2D eigenvalue weighted by Crippen LogP contribution is 2.38. The zero-order valence-electron chi connectivity index (χ0n) is 8.26. The summed E-state index contributed by atoms with van der Waals surface area (Å²) >= 11 is 16.5. The minimum absolute atomic E-state index is 0.643. The van der Waals surface area contributed by atoms with Gasteiger partial charge in [0.15, 0.2) is 0 Å². The molecule has 0 aliphatic heterocycles. The molecule has 0 bridgehead atoms. The van der Waals surface area contributed by atoms with E-state index in [0.717, 1.165) is 12.8 Å². The van der Waals surface area contributed by atoms with Crippen molar-refractivity contribution in [1.29, 1.82) is 5.26 Å². The van der Waals surface area contributed by atoms with E-state index in [4.69, 9.17) is 40.1 Å². The van der Waals surface area contributed by atoms with Gasteiger partial charge in [0.25, 0.3) is 9.70 Å².